The molecule has 2 aromatic rings. The minimum Gasteiger partial charge on any atom is -0.493 e. The average molecular weight is 390 g/mol. The molecule has 4 nitrogen and oxygen atoms in total. The number of hydrogen-bond donors (Lipinski definition) is 1. The molecule has 0 atom stereocenters. The standard InChI is InChI=1S/C19H20BrNO3/c1-4-5-14-7-9-17(18(11-14)23-3)24-12-19(22)21-16-8-6-13(2)10-15(16)20/h4,6-11H,1,5,12H2,2-3H3,(H,21,22). The van der Waals surface area contributed by atoms with E-state index in [1.165, 1.54) is 0 Å². The number of anilines is 1. The van der Waals surface area contributed by atoms with Gasteiger partial charge in [-0.3, -0.25) is 4.79 Å². The molecule has 126 valence electrons. The Morgan fingerprint density at radius 3 is 2.71 bits per heavy atom. The summed E-state index contributed by atoms with van der Waals surface area (Å²) in [6.07, 6.45) is 2.57. The van der Waals surface area contributed by atoms with E-state index >= 15 is 0 Å². The number of hydrogen-bond acceptors (Lipinski definition) is 3. The fourth-order valence-corrected chi connectivity index (χ4v) is 2.77. The largest absolute Gasteiger partial charge is 0.493 e. The number of halogens is 1. The lowest BCUT2D eigenvalue weighted by molar-refractivity contribution is -0.118. The Labute approximate surface area is 150 Å². The smallest absolute Gasteiger partial charge is 0.262 e. The Morgan fingerprint density at radius 2 is 2.04 bits per heavy atom. The second kappa shape index (κ2) is 8.55. The number of carbonyl (C=O) groups excluding carboxylic acids is 1. The highest BCUT2D eigenvalue weighted by Gasteiger charge is 2.10. The number of amides is 1. The number of nitrogens with one attached hydrogen (secondary N) is 1. The van der Waals surface area contributed by atoms with Crippen LogP contribution >= 0.6 is 15.9 Å². The Hall–Kier alpha value is -2.27. The van der Waals surface area contributed by atoms with Crippen LogP contribution in [0.15, 0.2) is 53.5 Å². The molecule has 0 fully saturated rings. The van der Waals surface area contributed by atoms with E-state index in [1.54, 1.807) is 13.2 Å². The molecule has 0 unspecified atom stereocenters. The maximum absolute atomic E-state index is 12.1. The normalized spacial score (nSPS) is 10.1. The van der Waals surface area contributed by atoms with Crippen molar-refractivity contribution in [2.75, 3.05) is 19.0 Å². The summed E-state index contributed by atoms with van der Waals surface area (Å²) in [5.41, 5.74) is 2.89. The van der Waals surface area contributed by atoms with Crippen molar-refractivity contribution in [3.8, 4) is 11.5 Å². The molecule has 0 saturated heterocycles. The van der Waals surface area contributed by atoms with Gasteiger partial charge in [0, 0.05) is 4.47 Å². The molecule has 0 heterocycles. The topological polar surface area (TPSA) is 47.6 Å². The Balaban J connectivity index is 1.99. The minimum atomic E-state index is -0.239. The first kappa shape index (κ1) is 18.1. The zero-order valence-corrected chi connectivity index (χ0v) is 15.4. The molecule has 1 N–H and O–H groups in total. The third kappa shape index (κ3) is 4.86. The van der Waals surface area contributed by atoms with Gasteiger partial charge in [-0.1, -0.05) is 18.2 Å². The summed E-state index contributed by atoms with van der Waals surface area (Å²) < 4.78 is 11.7. The van der Waals surface area contributed by atoms with Crippen LogP contribution in [0.2, 0.25) is 0 Å². The summed E-state index contributed by atoms with van der Waals surface area (Å²) >= 11 is 3.43. The van der Waals surface area contributed by atoms with E-state index in [2.05, 4.69) is 27.8 Å². The van der Waals surface area contributed by atoms with E-state index < -0.39 is 0 Å². The lowest BCUT2D eigenvalue weighted by Crippen LogP contribution is -2.20. The number of carbonyl (C=O) groups is 1. The Morgan fingerprint density at radius 1 is 1.25 bits per heavy atom. The first-order valence-electron chi connectivity index (χ1n) is 7.50. The van der Waals surface area contributed by atoms with Gasteiger partial charge in [0.2, 0.25) is 0 Å². The van der Waals surface area contributed by atoms with E-state index in [0.29, 0.717) is 17.2 Å². The van der Waals surface area contributed by atoms with Gasteiger partial charge in [-0.2, -0.15) is 0 Å². The maximum atomic E-state index is 12.1. The van der Waals surface area contributed by atoms with Gasteiger partial charge in [0.05, 0.1) is 12.8 Å². The predicted molar refractivity (Wildman–Crippen MR) is 99.9 cm³/mol. The van der Waals surface area contributed by atoms with Crippen molar-refractivity contribution in [1.82, 2.24) is 0 Å². The van der Waals surface area contributed by atoms with Crippen LogP contribution in [-0.4, -0.2) is 19.6 Å². The van der Waals surface area contributed by atoms with Crippen LogP contribution < -0.4 is 14.8 Å². The summed E-state index contributed by atoms with van der Waals surface area (Å²) in [5.74, 6) is 0.888. The molecule has 24 heavy (non-hydrogen) atoms. The molecule has 0 spiro atoms. The van der Waals surface area contributed by atoms with Crippen LogP contribution in [0.25, 0.3) is 0 Å². The van der Waals surface area contributed by atoms with Gasteiger partial charge in [-0.25, -0.2) is 0 Å². The summed E-state index contributed by atoms with van der Waals surface area (Å²) in [4.78, 5) is 12.1. The summed E-state index contributed by atoms with van der Waals surface area (Å²) in [5, 5.41) is 2.81. The first-order chi connectivity index (χ1) is 11.5. The lowest BCUT2D eigenvalue weighted by atomic mass is 10.1. The number of aryl methyl sites for hydroxylation is 1. The monoisotopic (exact) mass is 389 g/mol. The van der Waals surface area contributed by atoms with E-state index in [9.17, 15) is 4.79 Å². The van der Waals surface area contributed by atoms with Crippen molar-refractivity contribution < 1.29 is 14.3 Å². The second-order valence-electron chi connectivity index (χ2n) is 5.30. The van der Waals surface area contributed by atoms with E-state index in [0.717, 1.165) is 22.0 Å². The molecule has 0 saturated carbocycles. The second-order valence-corrected chi connectivity index (χ2v) is 6.15. The summed E-state index contributed by atoms with van der Waals surface area (Å²) in [6.45, 7) is 5.61. The number of methoxy groups -OCH3 is 1. The lowest BCUT2D eigenvalue weighted by Gasteiger charge is -2.12. The van der Waals surface area contributed by atoms with Crippen molar-refractivity contribution >= 4 is 27.5 Å². The molecule has 2 aromatic carbocycles. The highest BCUT2D eigenvalue weighted by atomic mass is 79.9. The van der Waals surface area contributed by atoms with Crippen LogP contribution in [0, 0.1) is 6.92 Å². The van der Waals surface area contributed by atoms with Gasteiger partial charge in [0.25, 0.3) is 5.91 Å². The molecule has 2 rings (SSSR count). The van der Waals surface area contributed by atoms with E-state index in [1.807, 2.05) is 43.3 Å². The molecule has 0 aromatic heterocycles. The van der Waals surface area contributed by atoms with Crippen LogP contribution in [0.3, 0.4) is 0 Å². The highest BCUT2D eigenvalue weighted by Crippen LogP contribution is 2.28. The fourth-order valence-electron chi connectivity index (χ4n) is 2.18. The molecule has 0 aliphatic heterocycles. The first-order valence-corrected chi connectivity index (χ1v) is 8.29. The SMILES string of the molecule is C=CCc1ccc(OCC(=O)Nc2ccc(C)cc2Br)c(OC)c1. The number of ether oxygens (including phenoxy) is 2. The highest BCUT2D eigenvalue weighted by molar-refractivity contribution is 9.10. The van der Waals surface area contributed by atoms with Gasteiger partial charge < -0.3 is 14.8 Å². The van der Waals surface area contributed by atoms with Gasteiger partial charge in [-0.05, 0) is 64.7 Å². The van der Waals surface area contributed by atoms with Gasteiger partial charge in [0.15, 0.2) is 18.1 Å². The van der Waals surface area contributed by atoms with Crippen LogP contribution in [-0.2, 0) is 11.2 Å². The van der Waals surface area contributed by atoms with Crippen molar-refractivity contribution in [3.05, 3.63) is 64.7 Å². The van der Waals surface area contributed by atoms with Crippen molar-refractivity contribution in [3.63, 3.8) is 0 Å². The molecule has 1 amide bonds. The van der Waals surface area contributed by atoms with Gasteiger partial charge in [0.1, 0.15) is 0 Å². The van der Waals surface area contributed by atoms with Crippen molar-refractivity contribution in [1.29, 1.82) is 0 Å². The number of allylic oxidation sites excluding steroid dienone is 1. The van der Waals surface area contributed by atoms with Crippen LogP contribution in [0.4, 0.5) is 5.69 Å². The molecular formula is C19H20BrNO3. The molecule has 0 bridgehead atoms. The van der Waals surface area contributed by atoms with Crippen molar-refractivity contribution in [2.45, 2.75) is 13.3 Å². The average Bonchev–Trinajstić information content (AvgIpc) is 2.56. The van der Waals surface area contributed by atoms with Crippen LogP contribution in [0.1, 0.15) is 11.1 Å². The molecule has 0 aliphatic rings. The maximum Gasteiger partial charge on any atom is 0.262 e. The molecule has 0 radical (unpaired) electrons. The van der Waals surface area contributed by atoms with E-state index in [4.69, 9.17) is 9.47 Å². The Kier molecular flexibility index (Phi) is 6.44. The zero-order chi connectivity index (χ0) is 17.5. The Bertz CT molecular complexity index is 743. The van der Waals surface area contributed by atoms with Crippen LogP contribution in [0.5, 0.6) is 11.5 Å². The van der Waals surface area contributed by atoms with Gasteiger partial charge in [-0.15, -0.1) is 6.58 Å². The third-order valence-corrected chi connectivity index (χ3v) is 4.02. The summed E-state index contributed by atoms with van der Waals surface area (Å²) in [7, 11) is 1.57. The minimum absolute atomic E-state index is 0.0997. The molecular weight excluding hydrogens is 370 g/mol. The van der Waals surface area contributed by atoms with E-state index in [-0.39, 0.29) is 12.5 Å². The number of benzene rings is 2. The van der Waals surface area contributed by atoms with Crippen molar-refractivity contribution in [2.24, 2.45) is 0 Å². The fraction of sp³-hybridized carbons (Fsp3) is 0.211. The quantitative estimate of drug-likeness (QED) is 0.708. The molecule has 5 heteroatoms. The van der Waals surface area contributed by atoms with Gasteiger partial charge >= 0.3 is 0 Å². The number of rotatable bonds is 7. The predicted octanol–water partition coefficient (Wildman–Crippen LogP) is 4.51. The zero-order valence-electron chi connectivity index (χ0n) is 13.8. The third-order valence-electron chi connectivity index (χ3n) is 3.37. The molecule has 0 aliphatic carbocycles. The summed E-state index contributed by atoms with van der Waals surface area (Å²) in [6, 6.07) is 11.3.